The molecular weight excluding hydrogens is 331 g/mol. The van der Waals surface area contributed by atoms with Crippen LogP contribution in [0.3, 0.4) is 0 Å². The molecule has 2 heterocycles. The summed E-state index contributed by atoms with van der Waals surface area (Å²) in [4.78, 5) is 14.6. The fraction of sp³-hybridized carbons (Fsp3) is 0.611. The highest BCUT2D eigenvalue weighted by atomic mass is 35.5. The van der Waals surface area contributed by atoms with E-state index in [1.807, 2.05) is 11.0 Å². The molecule has 1 atom stereocenters. The summed E-state index contributed by atoms with van der Waals surface area (Å²) in [6.07, 6.45) is 3.63. The van der Waals surface area contributed by atoms with Crippen molar-refractivity contribution in [1.29, 1.82) is 0 Å². The van der Waals surface area contributed by atoms with Crippen LogP contribution in [-0.4, -0.2) is 43.7 Å². The van der Waals surface area contributed by atoms with Crippen LogP contribution in [0.15, 0.2) is 24.3 Å². The van der Waals surface area contributed by atoms with Crippen molar-refractivity contribution in [2.24, 2.45) is 5.92 Å². The van der Waals surface area contributed by atoms with E-state index in [1.54, 1.807) is 6.07 Å². The number of piperazine rings is 1. The number of hydrogen-bond acceptors (Lipinski definition) is 3. The third-order valence-corrected chi connectivity index (χ3v) is 4.90. The first-order valence-corrected chi connectivity index (χ1v) is 8.57. The van der Waals surface area contributed by atoms with E-state index in [2.05, 4.69) is 5.32 Å². The minimum Gasteiger partial charge on any atom is -0.381 e. The minimum absolute atomic E-state index is 0. The Hall–Kier alpha value is -1.17. The molecule has 1 N–H and O–H groups in total. The Kier molecular flexibility index (Phi) is 7.46. The molecule has 0 radical (unpaired) electrons. The molecular formula is C18H26ClFN2O2. The number of amides is 1. The second kappa shape index (κ2) is 9.35. The monoisotopic (exact) mass is 356 g/mol. The van der Waals surface area contributed by atoms with E-state index < -0.39 is 0 Å². The van der Waals surface area contributed by atoms with Gasteiger partial charge in [-0.15, -0.1) is 12.4 Å². The molecule has 0 bridgehead atoms. The third kappa shape index (κ3) is 4.91. The standard InChI is InChI=1S/C18H25FN2O2.ClH/c19-16-3-1-2-15(12-16)17-13-20-8-9-21(17)18(22)5-4-14-6-10-23-11-7-14;/h1-3,12,14,17,20H,4-11,13H2;1H. The van der Waals surface area contributed by atoms with Gasteiger partial charge < -0.3 is 15.0 Å². The predicted octanol–water partition coefficient (Wildman–Crippen LogP) is 2.93. The first-order chi connectivity index (χ1) is 11.2. The third-order valence-electron chi connectivity index (χ3n) is 4.90. The molecule has 2 saturated heterocycles. The van der Waals surface area contributed by atoms with E-state index in [0.29, 0.717) is 25.4 Å². The fourth-order valence-corrected chi connectivity index (χ4v) is 3.52. The van der Waals surface area contributed by atoms with Gasteiger partial charge >= 0.3 is 0 Å². The van der Waals surface area contributed by atoms with Gasteiger partial charge in [0.1, 0.15) is 5.82 Å². The van der Waals surface area contributed by atoms with Gasteiger partial charge in [-0.25, -0.2) is 4.39 Å². The van der Waals surface area contributed by atoms with Gasteiger partial charge in [0.25, 0.3) is 0 Å². The number of nitrogens with one attached hydrogen (secondary N) is 1. The van der Waals surface area contributed by atoms with Crippen LogP contribution in [0.4, 0.5) is 4.39 Å². The Balaban J connectivity index is 0.00000208. The average molecular weight is 357 g/mol. The summed E-state index contributed by atoms with van der Waals surface area (Å²) in [6, 6.07) is 6.53. The van der Waals surface area contributed by atoms with Gasteiger partial charge in [-0.05, 0) is 42.9 Å². The lowest BCUT2D eigenvalue weighted by Crippen LogP contribution is -2.48. The summed E-state index contributed by atoms with van der Waals surface area (Å²) in [5.74, 6) is 0.540. The zero-order valence-electron chi connectivity index (χ0n) is 13.9. The Bertz CT molecular complexity index is 538. The lowest BCUT2D eigenvalue weighted by molar-refractivity contribution is -0.135. The summed E-state index contributed by atoms with van der Waals surface area (Å²) >= 11 is 0. The van der Waals surface area contributed by atoms with E-state index in [1.165, 1.54) is 12.1 Å². The maximum absolute atomic E-state index is 13.5. The molecule has 6 heteroatoms. The molecule has 3 rings (SSSR count). The first kappa shape index (κ1) is 19.2. The highest BCUT2D eigenvalue weighted by Crippen LogP contribution is 2.26. The zero-order chi connectivity index (χ0) is 16.1. The van der Waals surface area contributed by atoms with Crippen molar-refractivity contribution < 1.29 is 13.9 Å². The molecule has 4 nitrogen and oxygen atoms in total. The summed E-state index contributed by atoms with van der Waals surface area (Å²) in [6.45, 7) is 3.81. The summed E-state index contributed by atoms with van der Waals surface area (Å²) < 4.78 is 18.9. The van der Waals surface area contributed by atoms with E-state index in [4.69, 9.17) is 4.74 Å². The molecule has 1 amide bonds. The van der Waals surface area contributed by atoms with Crippen molar-refractivity contribution in [3.63, 3.8) is 0 Å². The normalized spacial score (nSPS) is 22.0. The van der Waals surface area contributed by atoms with Gasteiger partial charge in [0, 0.05) is 39.3 Å². The van der Waals surface area contributed by atoms with Gasteiger partial charge in [0.2, 0.25) is 5.91 Å². The van der Waals surface area contributed by atoms with Crippen molar-refractivity contribution >= 4 is 18.3 Å². The van der Waals surface area contributed by atoms with Gasteiger partial charge in [-0.1, -0.05) is 12.1 Å². The maximum Gasteiger partial charge on any atom is 0.223 e. The van der Waals surface area contributed by atoms with Crippen LogP contribution in [0.2, 0.25) is 0 Å². The van der Waals surface area contributed by atoms with Crippen molar-refractivity contribution in [3.05, 3.63) is 35.6 Å². The number of benzene rings is 1. The Morgan fingerprint density at radius 3 is 2.88 bits per heavy atom. The average Bonchev–Trinajstić information content (AvgIpc) is 2.60. The van der Waals surface area contributed by atoms with Crippen molar-refractivity contribution in [3.8, 4) is 0 Å². The number of carbonyl (C=O) groups excluding carboxylic acids is 1. The van der Waals surface area contributed by atoms with Crippen molar-refractivity contribution in [1.82, 2.24) is 10.2 Å². The molecule has 0 saturated carbocycles. The zero-order valence-corrected chi connectivity index (χ0v) is 14.7. The number of ether oxygens (including phenoxy) is 1. The quantitative estimate of drug-likeness (QED) is 0.901. The van der Waals surface area contributed by atoms with E-state index in [-0.39, 0.29) is 30.2 Å². The van der Waals surface area contributed by atoms with Gasteiger partial charge in [-0.2, -0.15) is 0 Å². The van der Waals surface area contributed by atoms with Crippen LogP contribution in [0.25, 0.3) is 0 Å². The summed E-state index contributed by atoms with van der Waals surface area (Å²) in [5.41, 5.74) is 0.872. The highest BCUT2D eigenvalue weighted by molar-refractivity contribution is 5.85. The molecule has 1 aromatic carbocycles. The van der Waals surface area contributed by atoms with Crippen LogP contribution in [0.1, 0.15) is 37.3 Å². The van der Waals surface area contributed by atoms with Crippen LogP contribution in [0.5, 0.6) is 0 Å². The summed E-state index contributed by atoms with van der Waals surface area (Å²) in [5, 5.41) is 3.31. The number of rotatable bonds is 4. The Labute approximate surface area is 149 Å². The van der Waals surface area contributed by atoms with E-state index in [9.17, 15) is 9.18 Å². The molecule has 2 aliphatic rings. The Morgan fingerprint density at radius 2 is 2.12 bits per heavy atom. The SMILES string of the molecule is Cl.O=C(CCC1CCOCC1)N1CCNCC1c1cccc(F)c1. The van der Waals surface area contributed by atoms with Crippen molar-refractivity contribution in [2.75, 3.05) is 32.8 Å². The molecule has 24 heavy (non-hydrogen) atoms. The number of nitrogens with zero attached hydrogens (tertiary/aromatic N) is 1. The second-order valence-electron chi connectivity index (χ2n) is 6.46. The number of hydrogen-bond donors (Lipinski definition) is 1. The van der Waals surface area contributed by atoms with Gasteiger partial charge in [0.15, 0.2) is 0 Å². The Morgan fingerprint density at radius 1 is 1.33 bits per heavy atom. The van der Waals surface area contributed by atoms with Crippen molar-refractivity contribution in [2.45, 2.75) is 31.7 Å². The van der Waals surface area contributed by atoms with Crippen LogP contribution < -0.4 is 5.32 Å². The van der Waals surface area contributed by atoms with Crippen LogP contribution in [-0.2, 0) is 9.53 Å². The number of halogens is 2. The summed E-state index contributed by atoms with van der Waals surface area (Å²) in [7, 11) is 0. The molecule has 2 fully saturated rings. The molecule has 0 spiro atoms. The van der Waals surface area contributed by atoms with Gasteiger partial charge in [0.05, 0.1) is 6.04 Å². The largest absolute Gasteiger partial charge is 0.381 e. The van der Waals surface area contributed by atoms with Crippen LogP contribution >= 0.6 is 12.4 Å². The highest BCUT2D eigenvalue weighted by Gasteiger charge is 2.28. The molecule has 0 aliphatic carbocycles. The number of carbonyl (C=O) groups is 1. The molecule has 1 aromatic rings. The molecule has 134 valence electrons. The second-order valence-corrected chi connectivity index (χ2v) is 6.46. The van der Waals surface area contributed by atoms with Gasteiger partial charge in [-0.3, -0.25) is 4.79 Å². The smallest absolute Gasteiger partial charge is 0.223 e. The van der Waals surface area contributed by atoms with E-state index >= 15 is 0 Å². The van der Waals surface area contributed by atoms with Crippen LogP contribution in [0, 0.1) is 11.7 Å². The topological polar surface area (TPSA) is 41.6 Å². The lowest BCUT2D eigenvalue weighted by Gasteiger charge is -2.37. The molecule has 0 aromatic heterocycles. The lowest BCUT2D eigenvalue weighted by atomic mass is 9.94. The predicted molar refractivity (Wildman–Crippen MR) is 93.7 cm³/mol. The maximum atomic E-state index is 13.5. The fourth-order valence-electron chi connectivity index (χ4n) is 3.52. The molecule has 1 unspecified atom stereocenters. The first-order valence-electron chi connectivity index (χ1n) is 8.57. The molecule has 2 aliphatic heterocycles. The van der Waals surface area contributed by atoms with E-state index in [0.717, 1.165) is 44.6 Å². The minimum atomic E-state index is -0.248.